The van der Waals surface area contributed by atoms with Gasteiger partial charge in [-0.15, -0.1) is 22.7 Å². The van der Waals surface area contributed by atoms with Crippen LogP contribution < -0.4 is 14.5 Å². The van der Waals surface area contributed by atoms with E-state index >= 15 is 0 Å². The smallest absolute Gasteiger partial charge is 0.350 e. The molecule has 0 aliphatic heterocycles. The number of aliphatic hydroxyl groups excluding tert-OH is 1. The second kappa shape index (κ2) is 30.7. The highest BCUT2D eigenvalue weighted by Crippen LogP contribution is 2.41. The Morgan fingerprint density at radius 3 is 1.50 bits per heavy atom. The maximum absolute atomic E-state index is 14.1. The SMILES string of the molecule is C=C1CCC(C(=O)N(c2cc(C#CC(C)(C)C)sc2C(=O)O)C2CCC(Oc3cc(CN(C)C)ccn3)CC2)CC1.C=C1CCC(C(=O)N(c2cc(C#CC(C)(C)C)sc2C(=O)OC)C2CCC(O)CC2)CC1.CN(C)Cc1ccnc(F)c1. The van der Waals surface area contributed by atoms with Crippen LogP contribution in [0.15, 0.2) is 73.1 Å². The fourth-order valence-electron chi connectivity index (χ4n) is 10.9. The van der Waals surface area contributed by atoms with E-state index in [9.17, 15) is 33.8 Å². The van der Waals surface area contributed by atoms with E-state index in [-0.39, 0.29) is 63.6 Å². The maximum Gasteiger partial charge on any atom is 0.350 e. The zero-order chi connectivity index (χ0) is 61.5. The lowest BCUT2D eigenvalue weighted by Crippen LogP contribution is -2.47. The molecule has 0 bridgehead atoms. The molecule has 84 heavy (non-hydrogen) atoms. The number of ether oxygens (including phenoxy) is 2. The number of halogens is 1. The lowest BCUT2D eigenvalue weighted by atomic mass is 9.84. The highest BCUT2D eigenvalue weighted by Gasteiger charge is 2.39. The monoisotopic (exact) mass is 1190 g/mol. The van der Waals surface area contributed by atoms with Crippen molar-refractivity contribution in [1.82, 2.24) is 19.8 Å². The lowest BCUT2D eigenvalue weighted by molar-refractivity contribution is -0.124. The summed E-state index contributed by atoms with van der Waals surface area (Å²) in [6.07, 6.45) is 15.1. The first-order valence-corrected chi connectivity index (χ1v) is 31.1. The number of carboxylic acid groups (broad SMARTS) is 1. The molecule has 0 unspecified atom stereocenters. The Morgan fingerprint density at radius 1 is 0.643 bits per heavy atom. The molecule has 8 rings (SSSR count). The van der Waals surface area contributed by atoms with E-state index in [1.807, 2.05) is 115 Å². The largest absolute Gasteiger partial charge is 0.477 e. The van der Waals surface area contributed by atoms with Crippen LogP contribution in [-0.2, 0) is 27.4 Å². The molecular formula is C67H89FN6O8S2. The highest BCUT2D eigenvalue weighted by molar-refractivity contribution is 7.15. The Morgan fingerprint density at radius 2 is 1.07 bits per heavy atom. The number of hydrogen-bond acceptors (Lipinski definition) is 13. The van der Waals surface area contributed by atoms with Gasteiger partial charge in [-0.1, -0.05) is 48.0 Å². The van der Waals surface area contributed by atoms with Crippen LogP contribution in [0.5, 0.6) is 5.88 Å². The first-order chi connectivity index (χ1) is 39.7. The summed E-state index contributed by atoms with van der Waals surface area (Å²) in [6.45, 7) is 21.9. The third-order valence-corrected chi connectivity index (χ3v) is 17.2. The van der Waals surface area contributed by atoms with Gasteiger partial charge in [0.1, 0.15) is 15.9 Å². The number of methoxy groups -OCH3 is 1. The molecule has 454 valence electrons. The van der Waals surface area contributed by atoms with Gasteiger partial charge in [0.2, 0.25) is 23.6 Å². The number of esters is 1. The van der Waals surface area contributed by atoms with Crippen molar-refractivity contribution in [3.63, 3.8) is 0 Å². The maximum atomic E-state index is 14.1. The van der Waals surface area contributed by atoms with Crippen LogP contribution in [0.2, 0.25) is 0 Å². The second-order valence-electron chi connectivity index (χ2n) is 25.4. The standard InChI is InChI=1S/C33H43N3O4S.C26H35NO4S.C8H11FN2/c1-22-7-9-24(10-8-22)31(37)36(28-20-27(15-17-33(2,3)4)41-30(28)32(38)39)25-11-13-26(14-12-25)40-29-19-23(16-18-34-29)21-35(5)6;1-17-6-8-18(9-7-17)24(29)27(19-10-12-20(28)13-11-19)22-16-21(14-15-26(2,3)4)32-23(22)25(30)31-5;1-11(2)6-7-3-4-10-8(9)5-7/h16,18-20,24-26H,1,7-14,21H2,2-6H3,(H,38,39);16,18-20,28H,1,6-13H2,2-5H3;3-5H,6H2,1-2H3. The Balaban J connectivity index is 0.000000232. The van der Waals surface area contributed by atoms with E-state index in [0.29, 0.717) is 52.7 Å². The van der Waals surface area contributed by atoms with Gasteiger partial charge < -0.3 is 39.3 Å². The number of rotatable bonds is 14. The van der Waals surface area contributed by atoms with Crippen molar-refractivity contribution in [3.05, 3.63) is 110 Å². The van der Waals surface area contributed by atoms with Crippen molar-refractivity contribution < 1.29 is 43.3 Å². The number of thiophene rings is 2. The van der Waals surface area contributed by atoms with E-state index in [1.165, 1.54) is 41.9 Å². The molecule has 2 N–H and O–H groups in total. The van der Waals surface area contributed by atoms with Crippen molar-refractivity contribution in [3.8, 4) is 29.6 Å². The van der Waals surface area contributed by atoms with Crippen molar-refractivity contribution in [2.24, 2.45) is 22.7 Å². The fraction of sp³-hybridized carbons (Fsp3) is 0.552. The Kier molecular flexibility index (Phi) is 24.5. The van der Waals surface area contributed by atoms with Crippen LogP contribution in [0.25, 0.3) is 0 Å². The molecule has 0 aromatic carbocycles. The number of carboxylic acids is 1. The summed E-state index contributed by atoms with van der Waals surface area (Å²) < 4.78 is 23.8. The number of carbonyl (C=O) groups is 4. The summed E-state index contributed by atoms with van der Waals surface area (Å²) in [5.74, 6) is 11.4. The molecule has 0 atom stereocenters. The van der Waals surface area contributed by atoms with Gasteiger partial charge in [0.15, 0.2) is 0 Å². The molecule has 4 heterocycles. The Bertz CT molecular complexity index is 3040. The minimum Gasteiger partial charge on any atom is -0.477 e. The molecule has 17 heteroatoms. The fourth-order valence-corrected chi connectivity index (χ4v) is 12.6. The zero-order valence-electron chi connectivity index (χ0n) is 51.4. The number of hydrogen-bond donors (Lipinski definition) is 2. The van der Waals surface area contributed by atoms with Crippen molar-refractivity contribution in [2.75, 3.05) is 45.1 Å². The van der Waals surface area contributed by atoms with Crippen molar-refractivity contribution in [2.45, 2.75) is 182 Å². The predicted octanol–water partition coefficient (Wildman–Crippen LogP) is 13.4. The molecule has 4 aromatic heterocycles. The van der Waals surface area contributed by atoms with Gasteiger partial charge in [-0.25, -0.2) is 19.6 Å². The number of nitrogens with zero attached hydrogens (tertiary/aromatic N) is 6. The predicted molar refractivity (Wildman–Crippen MR) is 335 cm³/mol. The summed E-state index contributed by atoms with van der Waals surface area (Å²) in [5, 5.41) is 20.2. The molecule has 14 nitrogen and oxygen atoms in total. The topological polar surface area (TPSA) is 166 Å². The number of aliphatic hydroxyl groups is 1. The van der Waals surface area contributed by atoms with Gasteiger partial charge in [-0.2, -0.15) is 4.39 Å². The molecule has 0 spiro atoms. The number of aromatic nitrogens is 2. The Hall–Kier alpha value is -6.21. The molecule has 2 amide bonds. The first-order valence-electron chi connectivity index (χ1n) is 29.5. The second-order valence-corrected chi connectivity index (χ2v) is 27.5. The van der Waals surface area contributed by atoms with Crippen molar-refractivity contribution >= 4 is 57.8 Å². The van der Waals surface area contributed by atoms with Crippen LogP contribution in [-0.4, -0.2) is 113 Å². The van der Waals surface area contributed by atoms with E-state index in [1.54, 1.807) is 6.20 Å². The number of allylic oxidation sites excluding steroid dienone is 2. The highest BCUT2D eigenvalue weighted by atomic mass is 32.1. The van der Waals surface area contributed by atoms with Gasteiger partial charge in [-0.3, -0.25) is 9.59 Å². The average molecular weight is 1190 g/mol. The molecule has 0 saturated heterocycles. The molecule has 4 aliphatic carbocycles. The molecular weight excluding hydrogens is 1100 g/mol. The third-order valence-electron chi connectivity index (χ3n) is 15.1. The number of aromatic carboxylic acids is 1. The van der Waals surface area contributed by atoms with E-state index in [0.717, 1.165) is 117 Å². The van der Waals surface area contributed by atoms with Crippen LogP contribution in [0.1, 0.15) is 185 Å². The van der Waals surface area contributed by atoms with Crippen LogP contribution in [0, 0.1) is 52.3 Å². The summed E-state index contributed by atoms with van der Waals surface area (Å²) in [5.41, 5.74) is 5.18. The normalized spacial score (nSPS) is 19.5. The summed E-state index contributed by atoms with van der Waals surface area (Å²) in [7, 11) is 9.31. The van der Waals surface area contributed by atoms with Gasteiger partial charge in [0, 0.05) is 66.3 Å². The zero-order valence-corrected chi connectivity index (χ0v) is 53.1. The molecule has 4 aliphatic rings. The van der Waals surface area contributed by atoms with E-state index < -0.39 is 17.9 Å². The average Bonchev–Trinajstić information content (AvgIpc) is 2.74. The van der Waals surface area contributed by atoms with Gasteiger partial charge in [0.05, 0.1) is 34.3 Å². The minimum atomic E-state index is -1.02. The van der Waals surface area contributed by atoms with Crippen molar-refractivity contribution in [1.29, 1.82) is 0 Å². The van der Waals surface area contributed by atoms with Crippen LogP contribution >= 0.6 is 22.7 Å². The number of anilines is 2. The molecule has 0 radical (unpaired) electrons. The van der Waals surface area contributed by atoms with Gasteiger partial charge in [-0.05, 0) is 214 Å². The molecule has 4 saturated carbocycles. The summed E-state index contributed by atoms with van der Waals surface area (Å²) in [6, 6.07) is 10.8. The number of amides is 2. The number of carbonyl (C=O) groups excluding carboxylic acids is 3. The lowest BCUT2D eigenvalue weighted by Gasteiger charge is -2.39. The third kappa shape index (κ3) is 20.5. The van der Waals surface area contributed by atoms with Gasteiger partial charge in [0.25, 0.3) is 0 Å². The van der Waals surface area contributed by atoms with E-state index in [2.05, 4.69) is 51.7 Å². The first kappa shape index (κ1) is 66.9. The quantitative estimate of drug-likeness (QED) is 0.0532. The summed E-state index contributed by atoms with van der Waals surface area (Å²) in [4.78, 5) is 70.7. The van der Waals surface area contributed by atoms with E-state index in [4.69, 9.17) is 9.47 Å². The summed E-state index contributed by atoms with van der Waals surface area (Å²) >= 11 is 2.44. The van der Waals surface area contributed by atoms with Crippen LogP contribution in [0.4, 0.5) is 15.8 Å². The minimum absolute atomic E-state index is 0.00190. The van der Waals surface area contributed by atoms with Gasteiger partial charge >= 0.3 is 11.9 Å². The molecule has 4 fully saturated rings. The molecule has 4 aromatic rings. The number of pyridine rings is 2. The van der Waals surface area contributed by atoms with Crippen LogP contribution in [0.3, 0.4) is 0 Å². The Labute approximate surface area is 506 Å².